The summed E-state index contributed by atoms with van der Waals surface area (Å²) < 4.78 is 2.98. The molecule has 2 aromatic carbocycles. The molecule has 0 N–H and O–H groups in total. The summed E-state index contributed by atoms with van der Waals surface area (Å²) in [5.74, 6) is 0. The van der Waals surface area contributed by atoms with E-state index in [4.69, 9.17) is 0 Å². The minimum Gasteiger partial charge on any atom is -0.147 e. The number of hydrogen-bond donors (Lipinski definition) is 0. The van der Waals surface area contributed by atoms with Crippen LogP contribution in [-0.4, -0.2) is 6.16 Å². The standard InChI is InChI=1S/2C9H7.C3H8Si.C2H5.ClH.Zr/c2*1-2-5-9-7-3-6-8(9)4-1;1-2-3-4;1-2;;/h2*1-7H;4H,2-3H2,1H3;1H2,2H3;1H;. The van der Waals surface area contributed by atoms with Crippen molar-refractivity contribution in [3.8, 4) is 0 Å². The summed E-state index contributed by atoms with van der Waals surface area (Å²) in [5.41, 5.74) is 6.24. The molecular weight excluding hydrogens is 431 g/mol. The van der Waals surface area contributed by atoms with Gasteiger partial charge >= 0.3 is 158 Å². The maximum Gasteiger partial charge on any atom is -0.147 e. The van der Waals surface area contributed by atoms with E-state index in [1.54, 1.807) is 11.1 Å². The second-order valence-corrected chi connectivity index (χ2v) is 28.0. The number of hydrogen-bond acceptors (Lipinski definition) is 0. The SMILES string of the molecule is CCC[SiH]=[Zr]([CH2]C)([CH]1C=Cc2ccccc21)[CH]1C=Cc2ccccc21.Cl. The Morgan fingerprint density at radius 2 is 1.31 bits per heavy atom. The van der Waals surface area contributed by atoms with Crippen molar-refractivity contribution in [1.29, 1.82) is 0 Å². The third kappa shape index (κ3) is 3.30. The van der Waals surface area contributed by atoms with Gasteiger partial charge in [0.15, 0.2) is 0 Å². The molecule has 2 unspecified atom stereocenters. The molecule has 0 nitrogen and oxygen atoms in total. The van der Waals surface area contributed by atoms with Gasteiger partial charge in [-0.2, -0.15) is 0 Å². The van der Waals surface area contributed by atoms with Crippen molar-refractivity contribution in [3.05, 3.63) is 82.9 Å². The van der Waals surface area contributed by atoms with Crippen LogP contribution in [0.1, 0.15) is 49.8 Å². The Morgan fingerprint density at radius 3 is 1.77 bits per heavy atom. The van der Waals surface area contributed by atoms with Crippen molar-refractivity contribution < 1.29 is 18.9 Å². The van der Waals surface area contributed by atoms with Gasteiger partial charge in [-0.3, -0.25) is 0 Å². The topological polar surface area (TPSA) is 0 Å². The quantitative estimate of drug-likeness (QED) is 0.436. The van der Waals surface area contributed by atoms with Crippen molar-refractivity contribution in [3.63, 3.8) is 0 Å². The van der Waals surface area contributed by atoms with E-state index in [0.717, 1.165) is 7.25 Å². The maximum atomic E-state index is 2.60. The van der Waals surface area contributed by atoms with Gasteiger partial charge in [-0.25, -0.2) is 0 Å². The third-order valence-electron chi connectivity index (χ3n) is 6.18. The molecule has 0 aliphatic heterocycles. The summed E-state index contributed by atoms with van der Waals surface area (Å²) in [7, 11) is 0. The van der Waals surface area contributed by atoms with Gasteiger partial charge in [0.25, 0.3) is 0 Å². The summed E-state index contributed by atoms with van der Waals surface area (Å²) in [6, 6.07) is 19.8. The number of rotatable bonds is 5. The molecule has 0 bridgehead atoms. The van der Waals surface area contributed by atoms with Gasteiger partial charge in [-0.1, -0.05) is 0 Å². The molecule has 2 aliphatic carbocycles. The predicted molar refractivity (Wildman–Crippen MR) is 116 cm³/mol. The fourth-order valence-corrected chi connectivity index (χ4v) is 31.4. The fraction of sp³-hybridized carbons (Fsp3) is 0.304. The largest absolute Gasteiger partial charge is 0.147 e. The van der Waals surface area contributed by atoms with Crippen LogP contribution in [0.15, 0.2) is 60.7 Å². The fourth-order valence-electron chi connectivity index (χ4n) is 4.88. The van der Waals surface area contributed by atoms with E-state index in [9.17, 15) is 0 Å². The average molecular weight is 459 g/mol. The first-order valence-electron chi connectivity index (χ1n) is 9.68. The van der Waals surface area contributed by atoms with Crippen LogP contribution in [0.3, 0.4) is 0 Å². The van der Waals surface area contributed by atoms with Gasteiger partial charge in [-0.05, 0) is 0 Å². The Bertz CT molecular complexity index is 831. The van der Waals surface area contributed by atoms with E-state index in [2.05, 4.69) is 86.7 Å². The van der Waals surface area contributed by atoms with Crippen LogP contribution in [0.2, 0.25) is 10.2 Å². The minimum absolute atomic E-state index is 0. The number of halogens is 1. The van der Waals surface area contributed by atoms with Gasteiger partial charge < -0.3 is 0 Å². The summed E-state index contributed by atoms with van der Waals surface area (Å²) in [6.07, 6.45) is 12.0. The first-order chi connectivity index (χ1) is 12.3. The van der Waals surface area contributed by atoms with E-state index >= 15 is 0 Å². The molecule has 2 atom stereocenters. The van der Waals surface area contributed by atoms with Crippen LogP contribution in [0.4, 0.5) is 0 Å². The van der Waals surface area contributed by atoms with E-state index in [1.807, 2.05) is 0 Å². The summed E-state index contributed by atoms with van der Waals surface area (Å²) in [6.45, 7) is 4.89. The normalized spacial score (nSPS) is 21.6. The molecule has 0 fully saturated rings. The molecule has 0 spiro atoms. The zero-order valence-corrected chi connectivity index (χ0v) is 20.1. The van der Waals surface area contributed by atoms with Crippen molar-refractivity contribution in [2.45, 2.75) is 37.7 Å². The van der Waals surface area contributed by atoms with Crippen LogP contribution in [0.25, 0.3) is 12.2 Å². The number of benzene rings is 2. The molecule has 26 heavy (non-hydrogen) atoms. The van der Waals surface area contributed by atoms with Crippen LogP contribution < -0.4 is 0 Å². The van der Waals surface area contributed by atoms with E-state index in [1.165, 1.54) is 27.7 Å². The summed E-state index contributed by atoms with van der Waals surface area (Å²) in [4.78, 5) is 0. The third-order valence-corrected chi connectivity index (χ3v) is 33.4. The molecular formula is C23H28ClSiZr. The van der Waals surface area contributed by atoms with Crippen molar-refractivity contribution >= 4 is 30.7 Å². The van der Waals surface area contributed by atoms with E-state index in [0.29, 0.717) is 6.16 Å². The van der Waals surface area contributed by atoms with Crippen molar-refractivity contribution in [2.75, 3.05) is 0 Å². The van der Waals surface area contributed by atoms with Crippen LogP contribution in [0, 0.1) is 0 Å². The zero-order chi connectivity index (χ0) is 17.3. The predicted octanol–water partition coefficient (Wildman–Crippen LogP) is 6.72. The van der Waals surface area contributed by atoms with Gasteiger partial charge in [0, 0.05) is 0 Å². The van der Waals surface area contributed by atoms with Gasteiger partial charge in [0.2, 0.25) is 0 Å². The number of allylic oxidation sites excluding steroid dienone is 2. The first-order valence-corrected chi connectivity index (χ1v) is 19.9. The van der Waals surface area contributed by atoms with Gasteiger partial charge in [0.05, 0.1) is 0 Å². The summed E-state index contributed by atoms with van der Waals surface area (Å²) in [5, 5.41) is 0. The van der Waals surface area contributed by atoms with E-state index in [-0.39, 0.29) is 12.4 Å². The smallest absolute Gasteiger partial charge is 0.147 e. The minimum atomic E-state index is -2.47. The second kappa shape index (κ2) is 8.55. The van der Waals surface area contributed by atoms with E-state index < -0.39 is 18.9 Å². The van der Waals surface area contributed by atoms with Crippen LogP contribution in [-0.2, 0) is 18.9 Å². The van der Waals surface area contributed by atoms with Gasteiger partial charge in [0.1, 0.15) is 0 Å². The van der Waals surface area contributed by atoms with Crippen molar-refractivity contribution in [1.82, 2.24) is 0 Å². The average Bonchev–Trinajstić information content (AvgIpc) is 3.28. The molecule has 0 radical (unpaired) electrons. The Balaban J connectivity index is 0.00000196. The van der Waals surface area contributed by atoms with Gasteiger partial charge in [-0.15, -0.1) is 12.4 Å². The first kappa shape index (κ1) is 20.1. The monoisotopic (exact) mass is 457 g/mol. The van der Waals surface area contributed by atoms with Crippen molar-refractivity contribution in [2.24, 2.45) is 0 Å². The number of fused-ring (bicyclic) bond motifs is 2. The molecule has 4 rings (SSSR count). The Morgan fingerprint density at radius 1 is 0.808 bits per heavy atom. The zero-order valence-electron chi connectivity index (χ0n) is 15.7. The second-order valence-electron chi connectivity index (χ2n) is 7.39. The summed E-state index contributed by atoms with van der Waals surface area (Å²) >= 11 is -2.47. The molecule has 3 heteroatoms. The molecule has 0 heterocycles. The molecule has 0 aromatic heterocycles. The molecule has 0 amide bonds. The Hall–Kier alpha value is -0.690. The molecule has 2 aromatic rings. The Kier molecular flexibility index (Phi) is 6.59. The van der Waals surface area contributed by atoms with Crippen LogP contribution >= 0.6 is 12.4 Å². The molecule has 2 aliphatic rings. The molecule has 135 valence electrons. The Labute approximate surface area is 169 Å². The molecule has 0 saturated heterocycles. The van der Waals surface area contributed by atoms with Crippen LogP contribution in [0.5, 0.6) is 0 Å². The maximum absolute atomic E-state index is 2.60. The molecule has 0 saturated carbocycles.